The van der Waals surface area contributed by atoms with Crippen molar-refractivity contribution in [3.8, 4) is 28.5 Å². The lowest BCUT2D eigenvalue weighted by Gasteiger charge is -2.30. The van der Waals surface area contributed by atoms with E-state index in [1.165, 1.54) is 0 Å². The van der Waals surface area contributed by atoms with Gasteiger partial charge in [0.2, 0.25) is 5.75 Å². The summed E-state index contributed by atoms with van der Waals surface area (Å²) >= 11 is 0. The molecule has 148 valence electrons. The predicted molar refractivity (Wildman–Crippen MR) is 108 cm³/mol. The summed E-state index contributed by atoms with van der Waals surface area (Å²) in [7, 11) is 4.77. The van der Waals surface area contributed by atoms with Gasteiger partial charge in [-0.3, -0.25) is 9.78 Å². The van der Waals surface area contributed by atoms with Crippen LogP contribution in [0.5, 0.6) is 17.2 Å². The minimum atomic E-state index is 0.331. The first-order chi connectivity index (χ1) is 13.5. The molecular weight excluding hydrogens is 356 g/mol. The Labute approximate surface area is 165 Å². The van der Waals surface area contributed by atoms with Crippen LogP contribution in [0.4, 0.5) is 0 Å². The van der Waals surface area contributed by atoms with Crippen molar-refractivity contribution in [3.05, 3.63) is 48.3 Å². The highest BCUT2D eigenvalue weighted by molar-refractivity contribution is 5.79. The number of aromatic nitrogens is 1. The maximum Gasteiger partial charge on any atom is 0.203 e. The van der Waals surface area contributed by atoms with E-state index in [0.29, 0.717) is 42.3 Å². The Morgan fingerprint density at radius 3 is 2.29 bits per heavy atom. The molecule has 1 aromatic carbocycles. The first kappa shape index (κ1) is 19.7. The first-order valence-electron chi connectivity index (χ1n) is 9.25. The summed E-state index contributed by atoms with van der Waals surface area (Å²) in [6.45, 7) is 5.72. The van der Waals surface area contributed by atoms with E-state index in [9.17, 15) is 4.79 Å². The average molecular weight is 382 g/mol. The molecule has 1 aromatic heterocycles. The Balaban J connectivity index is 1.83. The molecule has 1 fully saturated rings. The highest BCUT2D eigenvalue weighted by atomic mass is 16.5. The number of ether oxygens (including phenoxy) is 3. The van der Waals surface area contributed by atoms with Gasteiger partial charge in [-0.1, -0.05) is 6.58 Å². The van der Waals surface area contributed by atoms with Crippen LogP contribution >= 0.6 is 0 Å². The van der Waals surface area contributed by atoms with Crippen molar-refractivity contribution in [1.29, 1.82) is 0 Å². The Morgan fingerprint density at radius 2 is 1.71 bits per heavy atom. The summed E-state index contributed by atoms with van der Waals surface area (Å²) in [5.74, 6) is 2.06. The molecule has 0 radical (unpaired) electrons. The summed E-state index contributed by atoms with van der Waals surface area (Å²) in [5, 5.41) is 0. The zero-order chi connectivity index (χ0) is 20.1. The maximum absolute atomic E-state index is 11.4. The number of carbonyl (C=O) groups excluding carboxylic acids is 1. The number of ketones is 1. The van der Waals surface area contributed by atoms with Crippen molar-refractivity contribution < 1.29 is 19.0 Å². The highest BCUT2D eigenvalue weighted by Gasteiger charge is 2.18. The summed E-state index contributed by atoms with van der Waals surface area (Å²) < 4.78 is 16.3. The van der Waals surface area contributed by atoms with Gasteiger partial charge in [0.15, 0.2) is 11.5 Å². The van der Waals surface area contributed by atoms with Gasteiger partial charge < -0.3 is 19.1 Å². The predicted octanol–water partition coefficient (Wildman–Crippen LogP) is 3.50. The fourth-order valence-corrected chi connectivity index (χ4v) is 3.39. The number of pyridine rings is 1. The molecule has 6 heteroatoms. The van der Waals surface area contributed by atoms with Gasteiger partial charge in [-0.2, -0.15) is 0 Å². The molecule has 3 rings (SSSR count). The molecule has 2 aromatic rings. The van der Waals surface area contributed by atoms with E-state index in [-0.39, 0.29) is 0 Å². The summed E-state index contributed by atoms with van der Waals surface area (Å²) in [5.41, 5.74) is 3.83. The molecule has 6 nitrogen and oxygen atoms in total. The molecule has 28 heavy (non-hydrogen) atoms. The van der Waals surface area contributed by atoms with Crippen molar-refractivity contribution in [2.45, 2.75) is 19.3 Å². The lowest BCUT2D eigenvalue weighted by atomic mass is 10.0. The van der Waals surface area contributed by atoms with E-state index in [4.69, 9.17) is 14.2 Å². The van der Waals surface area contributed by atoms with Gasteiger partial charge in [0.1, 0.15) is 5.78 Å². The highest BCUT2D eigenvalue weighted by Crippen LogP contribution is 2.40. The monoisotopic (exact) mass is 382 g/mol. The van der Waals surface area contributed by atoms with Gasteiger partial charge in [0, 0.05) is 49.8 Å². The van der Waals surface area contributed by atoms with Crippen LogP contribution in [0.1, 0.15) is 18.4 Å². The van der Waals surface area contributed by atoms with Crippen molar-refractivity contribution in [2.24, 2.45) is 0 Å². The van der Waals surface area contributed by atoms with Crippen LogP contribution in [0, 0.1) is 0 Å². The van der Waals surface area contributed by atoms with E-state index < -0.39 is 0 Å². The largest absolute Gasteiger partial charge is 0.493 e. The van der Waals surface area contributed by atoms with E-state index in [1.807, 2.05) is 24.3 Å². The topological polar surface area (TPSA) is 60.9 Å². The number of methoxy groups -OCH3 is 3. The lowest BCUT2D eigenvalue weighted by Crippen LogP contribution is -2.33. The number of hydrogen-bond acceptors (Lipinski definition) is 6. The quantitative estimate of drug-likeness (QED) is 0.730. The summed E-state index contributed by atoms with van der Waals surface area (Å²) in [6, 6.07) is 7.81. The number of rotatable bonds is 7. The maximum atomic E-state index is 11.4. The molecule has 1 aliphatic heterocycles. The van der Waals surface area contributed by atoms with Gasteiger partial charge in [0.05, 0.1) is 27.0 Å². The number of piperidine rings is 1. The zero-order valence-corrected chi connectivity index (χ0v) is 16.7. The normalized spacial score (nSPS) is 14.0. The Hall–Kier alpha value is -3.02. The van der Waals surface area contributed by atoms with Crippen molar-refractivity contribution in [1.82, 2.24) is 9.88 Å². The standard InChI is InChI=1S/C22H26N2O4/c1-15(24-9-6-18(25)7-10-24)11-16-5-8-23-19(12-16)17-13-20(26-2)22(28-4)21(14-17)27-3/h5,8,12-14H,1,6-7,9-11H2,2-4H3. The second-order valence-electron chi connectivity index (χ2n) is 6.73. The van der Waals surface area contributed by atoms with Gasteiger partial charge in [0.25, 0.3) is 0 Å². The molecule has 1 aliphatic rings. The molecule has 1 saturated heterocycles. The third-order valence-electron chi connectivity index (χ3n) is 4.96. The molecule has 0 saturated carbocycles. The second-order valence-corrected chi connectivity index (χ2v) is 6.73. The van der Waals surface area contributed by atoms with E-state index in [1.54, 1.807) is 27.5 Å². The fourth-order valence-electron chi connectivity index (χ4n) is 3.39. The second kappa shape index (κ2) is 8.78. The third-order valence-corrected chi connectivity index (χ3v) is 4.96. The lowest BCUT2D eigenvalue weighted by molar-refractivity contribution is -0.121. The molecule has 0 amide bonds. The molecule has 0 aliphatic carbocycles. The number of Topliss-reactive ketones (excluding diaryl/α,β-unsaturated/α-hetero) is 1. The average Bonchev–Trinajstić information content (AvgIpc) is 2.73. The molecular formula is C22H26N2O4. The minimum Gasteiger partial charge on any atom is -0.493 e. The number of hydrogen-bond donors (Lipinski definition) is 0. The molecule has 0 atom stereocenters. The van der Waals surface area contributed by atoms with E-state index >= 15 is 0 Å². The fraction of sp³-hybridized carbons (Fsp3) is 0.364. The Bertz CT molecular complexity index is 844. The van der Waals surface area contributed by atoms with Gasteiger partial charge in [-0.25, -0.2) is 0 Å². The molecule has 0 bridgehead atoms. The van der Waals surface area contributed by atoms with Crippen LogP contribution in [-0.4, -0.2) is 50.1 Å². The summed E-state index contributed by atoms with van der Waals surface area (Å²) in [6.07, 6.45) is 3.72. The van der Waals surface area contributed by atoms with Gasteiger partial charge in [-0.15, -0.1) is 0 Å². The van der Waals surface area contributed by atoms with Crippen LogP contribution in [0.3, 0.4) is 0 Å². The molecule has 0 spiro atoms. The summed E-state index contributed by atoms with van der Waals surface area (Å²) in [4.78, 5) is 18.1. The molecule has 2 heterocycles. The minimum absolute atomic E-state index is 0.331. The Kier molecular flexibility index (Phi) is 6.19. The van der Waals surface area contributed by atoms with Crippen LogP contribution in [0.25, 0.3) is 11.3 Å². The molecule has 0 N–H and O–H groups in total. The van der Waals surface area contributed by atoms with Crippen LogP contribution < -0.4 is 14.2 Å². The van der Waals surface area contributed by atoms with E-state index in [2.05, 4.69) is 16.5 Å². The zero-order valence-electron chi connectivity index (χ0n) is 16.7. The van der Waals surface area contributed by atoms with E-state index in [0.717, 1.165) is 35.6 Å². The number of carbonyl (C=O) groups is 1. The molecule has 0 unspecified atom stereocenters. The van der Waals surface area contributed by atoms with Crippen LogP contribution in [0.2, 0.25) is 0 Å². The number of nitrogens with zero attached hydrogens (tertiary/aromatic N) is 2. The van der Waals surface area contributed by atoms with Gasteiger partial charge in [-0.05, 0) is 29.8 Å². The SMILES string of the molecule is C=C(Cc1ccnc(-c2cc(OC)c(OC)c(OC)c2)c1)N1CCC(=O)CC1. The van der Waals surface area contributed by atoms with Gasteiger partial charge >= 0.3 is 0 Å². The van der Waals surface area contributed by atoms with Crippen LogP contribution in [-0.2, 0) is 11.2 Å². The number of allylic oxidation sites excluding steroid dienone is 1. The van der Waals surface area contributed by atoms with Crippen molar-refractivity contribution >= 4 is 5.78 Å². The van der Waals surface area contributed by atoms with Crippen LogP contribution in [0.15, 0.2) is 42.7 Å². The number of likely N-dealkylation sites (tertiary alicyclic amines) is 1. The van der Waals surface area contributed by atoms with Crippen molar-refractivity contribution in [2.75, 3.05) is 34.4 Å². The Morgan fingerprint density at radius 1 is 1.07 bits per heavy atom. The smallest absolute Gasteiger partial charge is 0.203 e. The number of benzene rings is 1. The van der Waals surface area contributed by atoms with Crippen molar-refractivity contribution in [3.63, 3.8) is 0 Å². The third kappa shape index (κ3) is 4.27. The first-order valence-corrected chi connectivity index (χ1v) is 9.25.